The van der Waals surface area contributed by atoms with Gasteiger partial charge in [-0.3, -0.25) is 0 Å². The molecule has 0 aliphatic carbocycles. The second-order valence-corrected chi connectivity index (χ2v) is 5.12. The molecule has 0 aromatic heterocycles. The predicted molar refractivity (Wildman–Crippen MR) is 65.4 cm³/mol. The first-order chi connectivity index (χ1) is 7.01. The summed E-state index contributed by atoms with van der Waals surface area (Å²) in [5, 5.41) is 3.15. The highest BCUT2D eigenvalue weighted by Gasteiger charge is 2.38. The Bertz CT molecular complexity index is 223. The minimum absolute atomic E-state index is 0.235. The molecule has 0 saturated carbocycles. The van der Waals surface area contributed by atoms with Gasteiger partial charge in [-0.1, -0.05) is 6.58 Å². The van der Waals surface area contributed by atoms with E-state index in [1.54, 1.807) is 0 Å². The fourth-order valence-corrected chi connectivity index (χ4v) is 2.60. The Morgan fingerprint density at radius 2 is 2.27 bits per heavy atom. The van der Waals surface area contributed by atoms with E-state index >= 15 is 0 Å². The molecule has 88 valence electrons. The highest BCUT2D eigenvalue weighted by Crippen LogP contribution is 2.36. The van der Waals surface area contributed by atoms with Crippen LogP contribution in [0.1, 0.15) is 33.1 Å². The SMILES string of the molecule is C=C(NC)N1C[C@H](CCCN)CC1(C)C. The fourth-order valence-electron chi connectivity index (χ4n) is 2.60. The van der Waals surface area contributed by atoms with Gasteiger partial charge in [0.15, 0.2) is 0 Å². The maximum atomic E-state index is 5.55. The lowest BCUT2D eigenvalue weighted by Crippen LogP contribution is -2.40. The largest absolute Gasteiger partial charge is 0.375 e. The van der Waals surface area contributed by atoms with E-state index in [0.717, 1.165) is 31.2 Å². The van der Waals surface area contributed by atoms with Gasteiger partial charge in [0.2, 0.25) is 0 Å². The lowest BCUT2D eigenvalue weighted by molar-refractivity contribution is 0.216. The second-order valence-electron chi connectivity index (χ2n) is 5.12. The first-order valence-electron chi connectivity index (χ1n) is 5.85. The summed E-state index contributed by atoms with van der Waals surface area (Å²) in [4.78, 5) is 2.38. The monoisotopic (exact) mass is 211 g/mol. The van der Waals surface area contributed by atoms with E-state index in [9.17, 15) is 0 Å². The minimum atomic E-state index is 0.235. The zero-order valence-corrected chi connectivity index (χ0v) is 10.3. The predicted octanol–water partition coefficient (Wildman–Crippen LogP) is 1.52. The quantitative estimate of drug-likeness (QED) is 0.724. The molecule has 1 fully saturated rings. The molecule has 0 bridgehead atoms. The fraction of sp³-hybridized carbons (Fsp3) is 0.833. The zero-order chi connectivity index (χ0) is 11.5. The van der Waals surface area contributed by atoms with Gasteiger partial charge in [-0.2, -0.15) is 0 Å². The first kappa shape index (κ1) is 12.4. The van der Waals surface area contributed by atoms with Crippen LogP contribution in [0, 0.1) is 5.92 Å². The Kier molecular flexibility index (Phi) is 4.03. The van der Waals surface area contributed by atoms with Crippen LogP contribution < -0.4 is 11.1 Å². The number of nitrogens with one attached hydrogen (secondary N) is 1. The summed E-state index contributed by atoms with van der Waals surface area (Å²) in [5.41, 5.74) is 5.79. The van der Waals surface area contributed by atoms with Crippen LogP contribution in [0.5, 0.6) is 0 Å². The summed E-state index contributed by atoms with van der Waals surface area (Å²) in [6, 6.07) is 0. The van der Waals surface area contributed by atoms with E-state index in [0.29, 0.717) is 0 Å². The van der Waals surface area contributed by atoms with E-state index in [-0.39, 0.29) is 5.54 Å². The average Bonchev–Trinajstić information content (AvgIpc) is 2.49. The van der Waals surface area contributed by atoms with Crippen LogP contribution in [-0.2, 0) is 0 Å². The summed E-state index contributed by atoms with van der Waals surface area (Å²) in [6.07, 6.45) is 3.63. The molecule has 0 radical (unpaired) electrons. The minimum Gasteiger partial charge on any atom is -0.375 e. The first-order valence-corrected chi connectivity index (χ1v) is 5.85. The van der Waals surface area contributed by atoms with E-state index < -0.39 is 0 Å². The lowest BCUT2D eigenvalue weighted by atomic mass is 9.93. The average molecular weight is 211 g/mol. The molecule has 3 heteroatoms. The Morgan fingerprint density at radius 3 is 2.80 bits per heavy atom. The van der Waals surface area contributed by atoms with Crippen molar-refractivity contribution in [2.75, 3.05) is 20.1 Å². The van der Waals surface area contributed by atoms with Crippen molar-refractivity contribution in [3.05, 3.63) is 12.4 Å². The molecule has 0 aromatic rings. The third-order valence-corrected chi connectivity index (χ3v) is 3.39. The lowest BCUT2D eigenvalue weighted by Gasteiger charge is -2.34. The molecule has 1 heterocycles. The van der Waals surface area contributed by atoms with Gasteiger partial charge in [-0.15, -0.1) is 0 Å². The highest BCUT2D eigenvalue weighted by atomic mass is 15.3. The highest BCUT2D eigenvalue weighted by molar-refractivity contribution is 5.04. The molecular weight excluding hydrogens is 186 g/mol. The molecule has 3 nitrogen and oxygen atoms in total. The third-order valence-electron chi connectivity index (χ3n) is 3.39. The van der Waals surface area contributed by atoms with E-state index in [4.69, 9.17) is 5.73 Å². The van der Waals surface area contributed by atoms with Crippen molar-refractivity contribution in [2.24, 2.45) is 11.7 Å². The molecule has 3 N–H and O–H groups in total. The van der Waals surface area contributed by atoms with Gasteiger partial charge in [0.1, 0.15) is 0 Å². The molecule has 1 saturated heterocycles. The normalized spacial score (nSPS) is 24.3. The van der Waals surface area contributed by atoms with Crippen molar-refractivity contribution in [3.8, 4) is 0 Å². The topological polar surface area (TPSA) is 41.3 Å². The molecule has 0 unspecified atom stereocenters. The summed E-state index contributed by atoms with van der Waals surface area (Å²) in [5.74, 6) is 1.81. The van der Waals surface area contributed by atoms with Crippen LogP contribution in [0.2, 0.25) is 0 Å². The zero-order valence-electron chi connectivity index (χ0n) is 10.3. The van der Waals surface area contributed by atoms with Gasteiger partial charge in [0, 0.05) is 19.1 Å². The molecule has 0 spiro atoms. The standard InChI is InChI=1S/C12H25N3/c1-10(14-4)15-9-11(6-5-7-13)8-12(15,2)3/h11,14H,1,5-9,13H2,2-4H3/t11-/m1/s1. The van der Waals surface area contributed by atoms with Crippen molar-refractivity contribution >= 4 is 0 Å². The molecule has 1 aliphatic heterocycles. The molecule has 15 heavy (non-hydrogen) atoms. The van der Waals surface area contributed by atoms with Gasteiger partial charge >= 0.3 is 0 Å². The van der Waals surface area contributed by atoms with Gasteiger partial charge in [0.25, 0.3) is 0 Å². The third kappa shape index (κ3) is 2.88. The van der Waals surface area contributed by atoms with Crippen LogP contribution in [0.4, 0.5) is 0 Å². The van der Waals surface area contributed by atoms with Crippen LogP contribution in [0.3, 0.4) is 0 Å². The summed E-state index contributed by atoms with van der Waals surface area (Å²) in [6.45, 7) is 10.6. The Morgan fingerprint density at radius 1 is 1.60 bits per heavy atom. The molecule has 1 aliphatic rings. The second kappa shape index (κ2) is 4.88. The molecule has 0 aromatic carbocycles. The van der Waals surface area contributed by atoms with Crippen LogP contribution >= 0.6 is 0 Å². The summed E-state index contributed by atoms with van der Waals surface area (Å²) in [7, 11) is 1.94. The number of hydrogen-bond donors (Lipinski definition) is 2. The number of nitrogens with zero attached hydrogens (tertiary/aromatic N) is 1. The van der Waals surface area contributed by atoms with Crippen LogP contribution in [0.25, 0.3) is 0 Å². The number of likely N-dealkylation sites (tertiary alicyclic amines) is 1. The van der Waals surface area contributed by atoms with Crippen LogP contribution in [-0.4, -0.2) is 30.6 Å². The van der Waals surface area contributed by atoms with Crippen molar-refractivity contribution < 1.29 is 0 Å². The van der Waals surface area contributed by atoms with Gasteiger partial charge in [-0.05, 0) is 45.6 Å². The Balaban J connectivity index is 2.56. The van der Waals surface area contributed by atoms with Gasteiger partial charge in [0.05, 0.1) is 5.82 Å². The Labute approximate surface area is 93.7 Å². The number of hydrogen-bond acceptors (Lipinski definition) is 3. The van der Waals surface area contributed by atoms with Crippen molar-refractivity contribution in [3.63, 3.8) is 0 Å². The van der Waals surface area contributed by atoms with Crippen molar-refractivity contribution in [2.45, 2.75) is 38.6 Å². The smallest absolute Gasteiger partial charge is 0.0940 e. The van der Waals surface area contributed by atoms with Gasteiger partial charge < -0.3 is 16.0 Å². The summed E-state index contributed by atoms with van der Waals surface area (Å²) >= 11 is 0. The maximum Gasteiger partial charge on any atom is 0.0940 e. The van der Waals surface area contributed by atoms with Crippen LogP contribution in [0.15, 0.2) is 12.4 Å². The molecule has 1 atom stereocenters. The van der Waals surface area contributed by atoms with E-state index in [1.807, 2.05) is 7.05 Å². The number of nitrogens with two attached hydrogens (primary N) is 1. The molecular formula is C12H25N3. The maximum absolute atomic E-state index is 5.55. The Hall–Kier alpha value is -0.700. The van der Waals surface area contributed by atoms with E-state index in [2.05, 4.69) is 30.6 Å². The summed E-state index contributed by atoms with van der Waals surface area (Å²) < 4.78 is 0. The van der Waals surface area contributed by atoms with Crippen molar-refractivity contribution in [1.82, 2.24) is 10.2 Å². The molecule has 1 rings (SSSR count). The molecule has 0 amide bonds. The van der Waals surface area contributed by atoms with Crippen molar-refractivity contribution in [1.29, 1.82) is 0 Å². The number of rotatable bonds is 5. The van der Waals surface area contributed by atoms with E-state index in [1.165, 1.54) is 12.8 Å². The van der Waals surface area contributed by atoms with Gasteiger partial charge in [-0.25, -0.2) is 0 Å².